The molecule has 0 aromatic heterocycles. The molecule has 1 heterocycles. The summed E-state index contributed by atoms with van der Waals surface area (Å²) < 4.78 is 0. The summed E-state index contributed by atoms with van der Waals surface area (Å²) in [5, 5.41) is 7.05. The Kier molecular flexibility index (Phi) is 8.44. The van der Waals surface area contributed by atoms with Crippen LogP contribution in [-0.2, 0) is 0 Å². The molecule has 0 aromatic carbocycles. The van der Waals surface area contributed by atoms with Crippen LogP contribution < -0.4 is 10.6 Å². The van der Waals surface area contributed by atoms with Crippen LogP contribution in [0.2, 0.25) is 0 Å². The molecular weight excluding hydrogens is 204 g/mol. The minimum absolute atomic E-state index is 0.880. The highest BCUT2D eigenvalue weighted by molar-refractivity contribution is 7.98. The maximum absolute atomic E-state index is 3.59. The molecule has 90 valence electrons. The highest BCUT2D eigenvalue weighted by atomic mass is 32.2. The second kappa shape index (κ2) is 9.49. The molecule has 1 unspecified atom stereocenters. The number of hydrogen-bond acceptors (Lipinski definition) is 3. The second-order valence-electron chi connectivity index (χ2n) is 4.47. The van der Waals surface area contributed by atoms with Crippen molar-refractivity contribution in [2.75, 3.05) is 38.2 Å². The summed E-state index contributed by atoms with van der Waals surface area (Å²) in [6.07, 6.45) is 9.08. The van der Waals surface area contributed by atoms with Gasteiger partial charge in [-0.2, -0.15) is 11.8 Å². The van der Waals surface area contributed by atoms with E-state index in [4.69, 9.17) is 0 Å². The number of thioether (sulfide) groups is 1. The van der Waals surface area contributed by atoms with Gasteiger partial charge in [-0.15, -0.1) is 0 Å². The maximum atomic E-state index is 3.59. The summed E-state index contributed by atoms with van der Waals surface area (Å²) in [6, 6.07) is 0. The molecule has 0 spiro atoms. The molecule has 1 saturated heterocycles. The fourth-order valence-corrected chi connectivity index (χ4v) is 2.57. The van der Waals surface area contributed by atoms with E-state index in [0.717, 1.165) is 5.92 Å². The van der Waals surface area contributed by atoms with Gasteiger partial charge in [-0.1, -0.05) is 6.42 Å². The van der Waals surface area contributed by atoms with Gasteiger partial charge in [0.25, 0.3) is 0 Å². The fraction of sp³-hybridized carbons (Fsp3) is 1.00. The Bertz CT molecular complexity index is 136. The number of rotatable bonds is 8. The van der Waals surface area contributed by atoms with Crippen LogP contribution >= 0.6 is 11.8 Å². The SMILES string of the molecule is CSCCCCCNCC1CCCNC1. The van der Waals surface area contributed by atoms with Crippen molar-refractivity contribution in [3.05, 3.63) is 0 Å². The third-order valence-electron chi connectivity index (χ3n) is 3.03. The van der Waals surface area contributed by atoms with Gasteiger partial charge in [0, 0.05) is 0 Å². The van der Waals surface area contributed by atoms with Crippen molar-refractivity contribution in [1.29, 1.82) is 0 Å². The van der Waals surface area contributed by atoms with Gasteiger partial charge in [0.05, 0.1) is 0 Å². The molecule has 1 aliphatic rings. The number of unbranched alkanes of at least 4 members (excludes halogenated alkanes) is 2. The molecule has 0 saturated carbocycles. The lowest BCUT2D eigenvalue weighted by atomic mass is 10.00. The lowest BCUT2D eigenvalue weighted by molar-refractivity contribution is 0.359. The van der Waals surface area contributed by atoms with E-state index in [0.29, 0.717) is 0 Å². The van der Waals surface area contributed by atoms with Crippen molar-refractivity contribution in [3.8, 4) is 0 Å². The van der Waals surface area contributed by atoms with Gasteiger partial charge in [-0.05, 0) is 69.8 Å². The van der Waals surface area contributed by atoms with Gasteiger partial charge >= 0.3 is 0 Å². The van der Waals surface area contributed by atoms with Gasteiger partial charge in [0.2, 0.25) is 0 Å². The molecule has 1 atom stereocenters. The van der Waals surface area contributed by atoms with E-state index in [-0.39, 0.29) is 0 Å². The summed E-state index contributed by atoms with van der Waals surface area (Å²) in [5.41, 5.74) is 0. The molecule has 15 heavy (non-hydrogen) atoms. The average Bonchev–Trinajstić information content (AvgIpc) is 2.29. The van der Waals surface area contributed by atoms with Crippen LogP contribution in [0.3, 0.4) is 0 Å². The molecule has 2 nitrogen and oxygen atoms in total. The van der Waals surface area contributed by atoms with Crippen molar-refractivity contribution in [2.45, 2.75) is 32.1 Å². The van der Waals surface area contributed by atoms with Crippen molar-refractivity contribution >= 4 is 11.8 Å². The quantitative estimate of drug-likeness (QED) is 0.625. The summed E-state index contributed by atoms with van der Waals surface area (Å²) in [6.45, 7) is 4.88. The van der Waals surface area contributed by atoms with Crippen LogP contribution in [0.4, 0.5) is 0 Å². The lowest BCUT2D eigenvalue weighted by Gasteiger charge is -2.22. The minimum atomic E-state index is 0.880. The predicted octanol–water partition coefficient (Wildman–Crippen LogP) is 2.11. The smallest absolute Gasteiger partial charge is 0.000837 e. The van der Waals surface area contributed by atoms with Gasteiger partial charge in [-0.3, -0.25) is 0 Å². The zero-order valence-corrected chi connectivity index (χ0v) is 10.9. The maximum Gasteiger partial charge on any atom is -0.000837 e. The Morgan fingerprint density at radius 2 is 2.27 bits per heavy atom. The van der Waals surface area contributed by atoms with Crippen molar-refractivity contribution < 1.29 is 0 Å². The van der Waals surface area contributed by atoms with Gasteiger partial charge < -0.3 is 10.6 Å². The second-order valence-corrected chi connectivity index (χ2v) is 5.46. The lowest BCUT2D eigenvalue weighted by Crippen LogP contribution is -2.36. The number of hydrogen-bond donors (Lipinski definition) is 2. The molecule has 2 N–H and O–H groups in total. The number of piperidine rings is 1. The fourth-order valence-electron chi connectivity index (χ4n) is 2.08. The summed E-state index contributed by atoms with van der Waals surface area (Å²) in [5.74, 6) is 2.21. The Balaban J connectivity index is 1.79. The van der Waals surface area contributed by atoms with Crippen LogP contribution in [0.25, 0.3) is 0 Å². The topological polar surface area (TPSA) is 24.1 Å². The molecule has 0 aliphatic carbocycles. The largest absolute Gasteiger partial charge is 0.316 e. The molecule has 0 amide bonds. The van der Waals surface area contributed by atoms with E-state index >= 15 is 0 Å². The molecule has 1 rings (SSSR count). The zero-order chi connectivity index (χ0) is 10.8. The van der Waals surface area contributed by atoms with Crippen LogP contribution in [-0.4, -0.2) is 38.2 Å². The monoisotopic (exact) mass is 230 g/mol. The Morgan fingerprint density at radius 1 is 1.33 bits per heavy atom. The van der Waals surface area contributed by atoms with E-state index < -0.39 is 0 Å². The van der Waals surface area contributed by atoms with E-state index in [1.165, 1.54) is 64.0 Å². The first kappa shape index (κ1) is 13.3. The van der Waals surface area contributed by atoms with Gasteiger partial charge in [0.15, 0.2) is 0 Å². The molecular formula is C12H26N2S. The Hall–Kier alpha value is 0.270. The Labute approximate surface area is 99.0 Å². The number of nitrogens with one attached hydrogen (secondary N) is 2. The van der Waals surface area contributed by atoms with E-state index in [9.17, 15) is 0 Å². The normalized spacial score (nSPS) is 21.8. The van der Waals surface area contributed by atoms with Crippen LogP contribution in [0.15, 0.2) is 0 Å². The molecule has 3 heteroatoms. The molecule has 0 bridgehead atoms. The van der Waals surface area contributed by atoms with Crippen molar-refractivity contribution in [1.82, 2.24) is 10.6 Å². The first-order chi connectivity index (χ1) is 7.43. The zero-order valence-electron chi connectivity index (χ0n) is 10.1. The summed E-state index contributed by atoms with van der Waals surface area (Å²) in [4.78, 5) is 0. The molecule has 0 radical (unpaired) electrons. The summed E-state index contributed by atoms with van der Waals surface area (Å²) >= 11 is 1.96. The minimum Gasteiger partial charge on any atom is -0.316 e. The highest BCUT2D eigenvalue weighted by Gasteiger charge is 2.11. The van der Waals surface area contributed by atoms with E-state index in [2.05, 4.69) is 16.9 Å². The highest BCUT2D eigenvalue weighted by Crippen LogP contribution is 2.08. The van der Waals surface area contributed by atoms with Crippen LogP contribution in [0.1, 0.15) is 32.1 Å². The van der Waals surface area contributed by atoms with E-state index in [1.54, 1.807) is 0 Å². The standard InChI is InChI=1S/C12H26N2S/c1-15-9-4-2-3-7-13-10-12-6-5-8-14-11-12/h12-14H,2-11H2,1H3. The molecule has 1 aliphatic heterocycles. The Morgan fingerprint density at radius 3 is 3.00 bits per heavy atom. The third-order valence-corrected chi connectivity index (χ3v) is 3.73. The van der Waals surface area contributed by atoms with Crippen molar-refractivity contribution in [2.24, 2.45) is 5.92 Å². The van der Waals surface area contributed by atoms with Gasteiger partial charge in [-0.25, -0.2) is 0 Å². The third kappa shape index (κ3) is 7.20. The van der Waals surface area contributed by atoms with E-state index in [1.807, 2.05) is 11.8 Å². The van der Waals surface area contributed by atoms with Crippen LogP contribution in [0, 0.1) is 5.92 Å². The van der Waals surface area contributed by atoms with Crippen LogP contribution in [0.5, 0.6) is 0 Å². The predicted molar refractivity (Wildman–Crippen MR) is 70.7 cm³/mol. The summed E-state index contributed by atoms with van der Waals surface area (Å²) in [7, 11) is 0. The van der Waals surface area contributed by atoms with Crippen molar-refractivity contribution in [3.63, 3.8) is 0 Å². The first-order valence-electron chi connectivity index (χ1n) is 6.34. The first-order valence-corrected chi connectivity index (χ1v) is 7.73. The molecule has 0 aromatic rings. The van der Waals surface area contributed by atoms with Gasteiger partial charge in [0.1, 0.15) is 0 Å². The molecule has 1 fully saturated rings. The average molecular weight is 230 g/mol.